The normalized spacial score (nSPS) is 37.1. The first-order chi connectivity index (χ1) is 6.20. The molecule has 1 nitrogen and oxygen atoms in total. The lowest BCUT2D eigenvalue weighted by Gasteiger charge is -2.00. The average molecular weight is 173 g/mol. The molecule has 0 N–H and O–H groups in total. The molecular weight excluding hydrogens is 158 g/mol. The molecule has 0 saturated carbocycles. The Kier molecular flexibility index (Phi) is 1.77. The Balaban J connectivity index is 2.28. The highest BCUT2D eigenvalue weighted by atomic mass is 15.4. The van der Waals surface area contributed by atoms with Gasteiger partial charge in [0.2, 0.25) is 0 Å². The number of hydrogen-bond acceptors (Lipinski definition) is 1. The number of benzene rings is 1. The van der Waals surface area contributed by atoms with Gasteiger partial charge in [-0.3, -0.25) is 4.90 Å². The number of likely N-dealkylation sites (N-methyl/N-ethyl adjacent to an activating group) is 1. The third-order valence-electron chi connectivity index (χ3n) is 3.16. The Morgan fingerprint density at radius 1 is 1.38 bits per heavy atom. The summed E-state index contributed by atoms with van der Waals surface area (Å²) in [6, 6.07) is 11.1. The van der Waals surface area contributed by atoms with Gasteiger partial charge in [-0.2, -0.15) is 0 Å². The second-order valence-electron chi connectivity index (χ2n) is 3.85. The molecule has 3 atom stereocenters. The van der Waals surface area contributed by atoms with Crippen molar-refractivity contribution in [2.24, 2.45) is 0 Å². The predicted octanol–water partition coefficient (Wildman–Crippen LogP) is 2.62. The fourth-order valence-corrected chi connectivity index (χ4v) is 2.02. The van der Waals surface area contributed by atoms with Gasteiger partial charge in [-0.15, -0.1) is 6.58 Å². The van der Waals surface area contributed by atoms with E-state index < -0.39 is 0 Å². The molecule has 1 aromatic rings. The summed E-state index contributed by atoms with van der Waals surface area (Å²) in [6.07, 6.45) is 2.03. The van der Waals surface area contributed by atoms with Crippen LogP contribution in [0.2, 0.25) is 0 Å². The molecule has 0 aliphatic carbocycles. The third kappa shape index (κ3) is 1.11. The van der Waals surface area contributed by atoms with Gasteiger partial charge in [-0.1, -0.05) is 36.4 Å². The first-order valence-corrected chi connectivity index (χ1v) is 4.61. The minimum Gasteiger partial charge on any atom is -0.286 e. The predicted molar refractivity (Wildman–Crippen MR) is 55.5 cm³/mol. The van der Waals surface area contributed by atoms with Gasteiger partial charge in [0.15, 0.2) is 0 Å². The monoisotopic (exact) mass is 173 g/mol. The standard InChI is InChI=1S/C12H15N/c1-4-12(2)11(13(12)3)10-8-6-5-7-9-10/h4-9,11H,1H2,2-3H3. The smallest absolute Gasteiger partial charge is 0.0571 e. The van der Waals surface area contributed by atoms with E-state index in [2.05, 4.69) is 55.8 Å². The first kappa shape index (κ1) is 8.52. The van der Waals surface area contributed by atoms with E-state index >= 15 is 0 Å². The van der Waals surface area contributed by atoms with Crippen molar-refractivity contribution in [3.8, 4) is 0 Å². The van der Waals surface area contributed by atoms with Gasteiger partial charge in [-0.25, -0.2) is 0 Å². The van der Waals surface area contributed by atoms with E-state index in [4.69, 9.17) is 0 Å². The van der Waals surface area contributed by atoms with E-state index in [1.165, 1.54) is 5.56 Å². The molecule has 1 aliphatic rings. The van der Waals surface area contributed by atoms with Crippen LogP contribution in [0.3, 0.4) is 0 Å². The number of rotatable bonds is 2. The third-order valence-corrected chi connectivity index (χ3v) is 3.16. The zero-order valence-corrected chi connectivity index (χ0v) is 8.20. The summed E-state index contributed by atoms with van der Waals surface area (Å²) in [4.78, 5) is 2.33. The molecule has 1 aliphatic heterocycles. The van der Waals surface area contributed by atoms with E-state index in [1.807, 2.05) is 6.08 Å². The van der Waals surface area contributed by atoms with Gasteiger partial charge >= 0.3 is 0 Å². The Bertz CT molecular complexity index is 317. The van der Waals surface area contributed by atoms with Crippen LogP contribution in [0.5, 0.6) is 0 Å². The molecule has 0 amide bonds. The molecule has 1 fully saturated rings. The highest BCUT2D eigenvalue weighted by Crippen LogP contribution is 2.51. The summed E-state index contributed by atoms with van der Waals surface area (Å²) in [5.74, 6) is 0. The minimum absolute atomic E-state index is 0.168. The summed E-state index contributed by atoms with van der Waals surface area (Å²) in [5.41, 5.74) is 1.55. The van der Waals surface area contributed by atoms with Crippen LogP contribution in [0.1, 0.15) is 18.5 Å². The summed E-state index contributed by atoms with van der Waals surface area (Å²) in [6.45, 7) is 6.10. The van der Waals surface area contributed by atoms with E-state index in [1.54, 1.807) is 0 Å². The van der Waals surface area contributed by atoms with Crippen LogP contribution in [-0.2, 0) is 0 Å². The van der Waals surface area contributed by atoms with Crippen molar-refractivity contribution in [1.29, 1.82) is 0 Å². The molecule has 1 heteroatoms. The van der Waals surface area contributed by atoms with Crippen molar-refractivity contribution in [3.05, 3.63) is 48.6 Å². The van der Waals surface area contributed by atoms with E-state index in [0.717, 1.165) is 0 Å². The van der Waals surface area contributed by atoms with Crippen molar-refractivity contribution >= 4 is 0 Å². The zero-order valence-electron chi connectivity index (χ0n) is 8.20. The lowest BCUT2D eigenvalue weighted by Crippen LogP contribution is -2.05. The van der Waals surface area contributed by atoms with E-state index in [0.29, 0.717) is 6.04 Å². The van der Waals surface area contributed by atoms with Gasteiger partial charge in [-0.05, 0) is 19.5 Å². The maximum Gasteiger partial charge on any atom is 0.0571 e. The lowest BCUT2D eigenvalue weighted by molar-refractivity contribution is 0.555. The first-order valence-electron chi connectivity index (χ1n) is 4.61. The van der Waals surface area contributed by atoms with Gasteiger partial charge in [0, 0.05) is 0 Å². The van der Waals surface area contributed by atoms with E-state index in [-0.39, 0.29) is 5.54 Å². The zero-order chi connectivity index (χ0) is 9.47. The Morgan fingerprint density at radius 2 is 2.00 bits per heavy atom. The highest BCUT2D eigenvalue weighted by molar-refractivity contribution is 5.34. The lowest BCUT2D eigenvalue weighted by atomic mass is 10.0. The van der Waals surface area contributed by atoms with Crippen molar-refractivity contribution in [2.75, 3.05) is 7.05 Å². The largest absolute Gasteiger partial charge is 0.286 e. The molecule has 68 valence electrons. The van der Waals surface area contributed by atoms with Crippen molar-refractivity contribution < 1.29 is 0 Å². The second-order valence-corrected chi connectivity index (χ2v) is 3.85. The van der Waals surface area contributed by atoms with Crippen LogP contribution >= 0.6 is 0 Å². The van der Waals surface area contributed by atoms with Gasteiger partial charge in [0.1, 0.15) is 0 Å². The molecule has 0 aromatic heterocycles. The molecule has 3 unspecified atom stereocenters. The van der Waals surface area contributed by atoms with Gasteiger partial charge in [0.05, 0.1) is 11.6 Å². The van der Waals surface area contributed by atoms with Crippen molar-refractivity contribution in [1.82, 2.24) is 4.90 Å². The van der Waals surface area contributed by atoms with Crippen LogP contribution in [0.15, 0.2) is 43.0 Å². The molecule has 0 bridgehead atoms. The quantitative estimate of drug-likeness (QED) is 0.491. The summed E-state index contributed by atoms with van der Waals surface area (Å²) >= 11 is 0. The summed E-state index contributed by atoms with van der Waals surface area (Å²) < 4.78 is 0. The van der Waals surface area contributed by atoms with Gasteiger partial charge < -0.3 is 0 Å². The maximum absolute atomic E-state index is 3.88. The average Bonchev–Trinajstić information content (AvgIpc) is 2.72. The minimum atomic E-state index is 0.168. The van der Waals surface area contributed by atoms with Crippen LogP contribution < -0.4 is 0 Å². The van der Waals surface area contributed by atoms with Gasteiger partial charge in [0.25, 0.3) is 0 Å². The molecule has 0 spiro atoms. The SMILES string of the molecule is C=CC1(C)C(c2ccccc2)N1C. The molecular formula is C12H15N. The molecule has 1 aromatic carbocycles. The fraction of sp³-hybridized carbons (Fsp3) is 0.333. The Labute approximate surface area is 79.7 Å². The molecule has 2 rings (SSSR count). The molecule has 0 radical (unpaired) electrons. The number of hydrogen-bond donors (Lipinski definition) is 0. The van der Waals surface area contributed by atoms with Crippen LogP contribution in [0.4, 0.5) is 0 Å². The molecule has 1 heterocycles. The second kappa shape index (κ2) is 2.71. The Morgan fingerprint density at radius 3 is 2.46 bits per heavy atom. The van der Waals surface area contributed by atoms with E-state index in [9.17, 15) is 0 Å². The topological polar surface area (TPSA) is 3.01 Å². The molecule has 1 saturated heterocycles. The fourth-order valence-electron chi connectivity index (χ4n) is 2.02. The highest BCUT2D eigenvalue weighted by Gasteiger charge is 2.54. The maximum atomic E-state index is 3.88. The number of nitrogens with zero attached hydrogens (tertiary/aromatic N) is 1. The van der Waals surface area contributed by atoms with Crippen LogP contribution in [0.25, 0.3) is 0 Å². The Hall–Kier alpha value is -1.08. The van der Waals surface area contributed by atoms with Crippen LogP contribution in [-0.4, -0.2) is 17.5 Å². The van der Waals surface area contributed by atoms with Crippen molar-refractivity contribution in [2.45, 2.75) is 18.5 Å². The summed E-state index contributed by atoms with van der Waals surface area (Å²) in [7, 11) is 2.14. The molecule has 13 heavy (non-hydrogen) atoms. The summed E-state index contributed by atoms with van der Waals surface area (Å²) in [5, 5.41) is 0. The van der Waals surface area contributed by atoms with Crippen LogP contribution in [0, 0.1) is 0 Å². The van der Waals surface area contributed by atoms with Crippen molar-refractivity contribution in [3.63, 3.8) is 0 Å².